The molecule has 2 nitrogen and oxygen atoms in total. The lowest BCUT2D eigenvalue weighted by Crippen LogP contribution is -2.28. The Morgan fingerprint density at radius 2 is 1.68 bits per heavy atom. The first-order valence-electron chi connectivity index (χ1n) is 8.56. The van der Waals surface area contributed by atoms with E-state index in [1.807, 2.05) is 6.92 Å². The van der Waals surface area contributed by atoms with Gasteiger partial charge in [-0.15, -0.1) is 0 Å². The van der Waals surface area contributed by atoms with E-state index in [-0.39, 0.29) is 11.5 Å². The van der Waals surface area contributed by atoms with Gasteiger partial charge >= 0.3 is 0 Å². The zero-order chi connectivity index (χ0) is 16.2. The number of hydrogen-bond acceptors (Lipinski definition) is 2. The largest absolute Gasteiger partial charge is 0.504 e. The van der Waals surface area contributed by atoms with Gasteiger partial charge in [0, 0.05) is 11.5 Å². The van der Waals surface area contributed by atoms with Gasteiger partial charge < -0.3 is 10.2 Å². The van der Waals surface area contributed by atoms with Crippen LogP contribution in [-0.2, 0) is 0 Å². The van der Waals surface area contributed by atoms with Crippen molar-refractivity contribution in [2.24, 2.45) is 5.92 Å². The molecule has 0 aromatic heterocycles. The summed E-state index contributed by atoms with van der Waals surface area (Å²) in [6.45, 7) is 10.8. The Hall–Kier alpha value is -1.44. The van der Waals surface area contributed by atoms with Gasteiger partial charge in [-0.3, -0.25) is 0 Å². The highest BCUT2D eigenvalue weighted by molar-refractivity contribution is 5.63. The maximum absolute atomic E-state index is 10.5. The minimum absolute atomic E-state index is 0.1000. The molecule has 0 bridgehead atoms. The summed E-state index contributed by atoms with van der Waals surface area (Å²) in [5.74, 6) is 2.09. The monoisotopic (exact) mass is 300 g/mol. The van der Waals surface area contributed by atoms with Crippen molar-refractivity contribution in [2.75, 3.05) is 0 Å². The van der Waals surface area contributed by atoms with Gasteiger partial charge in [0.05, 0.1) is 0 Å². The first-order chi connectivity index (χ1) is 10.3. The summed E-state index contributed by atoms with van der Waals surface area (Å²) in [6.07, 6.45) is 5.78. The first-order valence-corrected chi connectivity index (χ1v) is 8.56. The summed E-state index contributed by atoms with van der Waals surface area (Å²) in [5, 5.41) is 21.0. The van der Waals surface area contributed by atoms with Gasteiger partial charge in [0.25, 0.3) is 0 Å². The Labute approximate surface area is 133 Å². The van der Waals surface area contributed by atoms with Crippen molar-refractivity contribution in [2.45, 2.75) is 71.6 Å². The fourth-order valence-electron chi connectivity index (χ4n) is 4.81. The molecular formula is C20H28O2. The van der Waals surface area contributed by atoms with Crippen LogP contribution in [0.1, 0.15) is 87.0 Å². The minimum atomic E-state index is 0.1000. The van der Waals surface area contributed by atoms with Gasteiger partial charge in [-0.2, -0.15) is 0 Å². The van der Waals surface area contributed by atoms with E-state index in [2.05, 4.69) is 33.8 Å². The van der Waals surface area contributed by atoms with Crippen LogP contribution < -0.4 is 0 Å². The zero-order valence-corrected chi connectivity index (χ0v) is 14.4. The number of phenolic OH excluding ortho intramolecular Hbond substituents is 2. The summed E-state index contributed by atoms with van der Waals surface area (Å²) in [7, 11) is 0. The second kappa shape index (κ2) is 5.33. The molecule has 2 heteroatoms. The lowest BCUT2D eigenvalue weighted by atomic mass is 9.62. The van der Waals surface area contributed by atoms with Crippen LogP contribution in [0.25, 0.3) is 0 Å². The molecule has 2 aliphatic carbocycles. The normalized spacial score (nSPS) is 29.9. The lowest BCUT2D eigenvalue weighted by molar-refractivity contribution is 0.318. The molecule has 120 valence electrons. The fourth-order valence-corrected chi connectivity index (χ4v) is 4.81. The van der Waals surface area contributed by atoms with Crippen LogP contribution in [0.2, 0.25) is 0 Å². The molecule has 0 spiro atoms. The van der Waals surface area contributed by atoms with Crippen molar-refractivity contribution in [3.05, 3.63) is 33.9 Å². The number of hydrogen-bond donors (Lipinski definition) is 2. The molecular weight excluding hydrogens is 272 g/mol. The number of benzene rings is 1. The van der Waals surface area contributed by atoms with Crippen LogP contribution in [0, 0.1) is 12.8 Å². The first kappa shape index (κ1) is 15.5. The van der Waals surface area contributed by atoms with Gasteiger partial charge in [-0.25, -0.2) is 0 Å². The molecule has 0 fully saturated rings. The third-order valence-electron chi connectivity index (χ3n) is 5.81. The maximum atomic E-state index is 10.5. The molecule has 1 aromatic carbocycles. The summed E-state index contributed by atoms with van der Waals surface area (Å²) in [6, 6.07) is 0. The predicted octanol–water partition coefficient (Wildman–Crippen LogP) is 5.48. The van der Waals surface area contributed by atoms with Crippen molar-refractivity contribution in [3.8, 4) is 11.5 Å². The van der Waals surface area contributed by atoms with Crippen molar-refractivity contribution < 1.29 is 10.2 Å². The predicted molar refractivity (Wildman–Crippen MR) is 90.9 cm³/mol. The molecule has 0 saturated carbocycles. The fraction of sp³-hybridized carbons (Fsp3) is 0.600. The molecule has 22 heavy (non-hydrogen) atoms. The summed E-state index contributed by atoms with van der Waals surface area (Å²) in [4.78, 5) is 0. The highest BCUT2D eigenvalue weighted by atomic mass is 16.3. The molecule has 0 unspecified atom stereocenters. The van der Waals surface area contributed by atoms with Crippen LogP contribution >= 0.6 is 0 Å². The van der Waals surface area contributed by atoms with E-state index in [1.165, 1.54) is 23.1 Å². The minimum Gasteiger partial charge on any atom is -0.504 e. The third kappa shape index (κ3) is 2.15. The third-order valence-corrected chi connectivity index (χ3v) is 5.81. The molecule has 4 atom stereocenters. The Kier molecular flexibility index (Phi) is 3.74. The van der Waals surface area contributed by atoms with Gasteiger partial charge in [0.15, 0.2) is 11.5 Å². The second-order valence-electron chi connectivity index (χ2n) is 7.71. The van der Waals surface area contributed by atoms with Crippen molar-refractivity contribution in [3.63, 3.8) is 0 Å². The van der Waals surface area contributed by atoms with Gasteiger partial charge in [-0.05, 0) is 74.5 Å². The molecule has 0 amide bonds. The second-order valence-corrected chi connectivity index (χ2v) is 7.71. The van der Waals surface area contributed by atoms with E-state index < -0.39 is 0 Å². The average Bonchev–Trinajstić information content (AvgIpc) is 2.43. The Morgan fingerprint density at radius 3 is 2.32 bits per heavy atom. The highest BCUT2D eigenvalue weighted by Gasteiger charge is 2.40. The molecule has 0 aliphatic heterocycles. The molecule has 2 N–H and O–H groups in total. The molecule has 2 aliphatic rings. The standard InChI is InChI=1S/C20H28O2/c1-10(2)8-14-9-12(4)15-7-6-11(3)16-18(15)17(14)13(5)19(21)20(16)22/h8,11-12,14-15,21-22H,6-7,9H2,1-5H3/t11-,12-,14+,15+/m1/s1. The Bertz CT molecular complexity index is 638. The van der Waals surface area contributed by atoms with Gasteiger partial charge in [0.2, 0.25) is 0 Å². The summed E-state index contributed by atoms with van der Waals surface area (Å²) >= 11 is 0. The van der Waals surface area contributed by atoms with Crippen molar-refractivity contribution >= 4 is 0 Å². The summed E-state index contributed by atoms with van der Waals surface area (Å²) in [5.41, 5.74) is 5.87. The number of aromatic hydroxyl groups is 2. The zero-order valence-electron chi connectivity index (χ0n) is 14.4. The lowest BCUT2D eigenvalue weighted by Gasteiger charge is -2.43. The summed E-state index contributed by atoms with van der Waals surface area (Å²) < 4.78 is 0. The van der Waals surface area contributed by atoms with Crippen LogP contribution in [0.4, 0.5) is 0 Å². The van der Waals surface area contributed by atoms with Crippen molar-refractivity contribution in [1.82, 2.24) is 0 Å². The van der Waals surface area contributed by atoms with E-state index >= 15 is 0 Å². The van der Waals surface area contributed by atoms with Gasteiger partial charge in [-0.1, -0.05) is 25.5 Å². The average molecular weight is 300 g/mol. The van der Waals surface area contributed by atoms with Gasteiger partial charge in [0.1, 0.15) is 0 Å². The van der Waals surface area contributed by atoms with Crippen LogP contribution in [0.15, 0.2) is 11.6 Å². The molecule has 0 saturated heterocycles. The maximum Gasteiger partial charge on any atom is 0.161 e. The number of allylic oxidation sites excluding steroid dienone is 2. The van der Waals surface area contributed by atoms with E-state index in [1.54, 1.807) is 0 Å². The molecule has 3 rings (SSSR count). The van der Waals surface area contributed by atoms with E-state index in [0.717, 1.165) is 24.0 Å². The van der Waals surface area contributed by atoms with Crippen LogP contribution in [0.5, 0.6) is 11.5 Å². The van der Waals surface area contributed by atoms with E-state index in [0.29, 0.717) is 23.7 Å². The van der Waals surface area contributed by atoms with Crippen LogP contribution in [0.3, 0.4) is 0 Å². The van der Waals surface area contributed by atoms with E-state index in [9.17, 15) is 10.2 Å². The highest BCUT2D eigenvalue weighted by Crippen LogP contribution is 2.57. The smallest absolute Gasteiger partial charge is 0.161 e. The quantitative estimate of drug-likeness (QED) is 0.533. The SMILES string of the molecule is CC(C)=C[C@H]1C[C@@H](C)[C@@H]2CC[C@@H](C)c3c(O)c(O)c(C)c1c32. The topological polar surface area (TPSA) is 40.5 Å². The van der Waals surface area contributed by atoms with Crippen LogP contribution in [-0.4, -0.2) is 10.2 Å². The number of rotatable bonds is 1. The molecule has 1 aromatic rings. The Balaban J connectivity index is 2.33. The van der Waals surface area contributed by atoms with E-state index in [4.69, 9.17) is 0 Å². The molecule has 0 heterocycles. The Morgan fingerprint density at radius 1 is 1.00 bits per heavy atom. The van der Waals surface area contributed by atoms with Crippen molar-refractivity contribution in [1.29, 1.82) is 0 Å². The number of phenols is 2. The molecule has 0 radical (unpaired) electrons.